The minimum absolute atomic E-state index is 0.335. The zero-order chi connectivity index (χ0) is 19.4. The molecule has 3 aromatic heterocycles. The van der Waals surface area contributed by atoms with E-state index in [0.717, 1.165) is 36.9 Å². The molecule has 148 valence electrons. The Hall–Kier alpha value is -2.17. The van der Waals surface area contributed by atoms with Crippen LogP contribution in [-0.4, -0.2) is 14.5 Å². The second-order valence-corrected chi connectivity index (χ2v) is 9.86. The Bertz CT molecular complexity index is 1160. The maximum absolute atomic E-state index is 11.4. The van der Waals surface area contributed by atoms with Crippen LogP contribution in [0, 0.1) is 5.92 Å². The Morgan fingerprint density at radius 2 is 1.79 bits per heavy atom. The van der Waals surface area contributed by atoms with Gasteiger partial charge in [0.25, 0.3) is 0 Å². The van der Waals surface area contributed by atoms with Crippen LogP contribution in [0.25, 0.3) is 15.6 Å². The average Bonchev–Trinajstić information content (AvgIpc) is 3.30. The lowest BCUT2D eigenvalue weighted by atomic mass is 9.75. The van der Waals surface area contributed by atoms with Gasteiger partial charge in [-0.2, -0.15) is 0 Å². The minimum atomic E-state index is -0.399. The molecule has 29 heavy (non-hydrogen) atoms. The molecule has 3 nitrogen and oxygen atoms in total. The lowest BCUT2D eigenvalue weighted by Crippen LogP contribution is -2.22. The van der Waals surface area contributed by atoms with Crippen LogP contribution in [0.15, 0.2) is 54.3 Å². The smallest absolute Gasteiger partial charge is 0.0995 e. The Morgan fingerprint density at radius 1 is 0.966 bits per heavy atom. The van der Waals surface area contributed by atoms with E-state index in [0.29, 0.717) is 17.8 Å². The Labute approximate surface area is 175 Å². The zero-order valence-electron chi connectivity index (χ0n) is 16.5. The van der Waals surface area contributed by atoms with Gasteiger partial charge >= 0.3 is 0 Å². The average molecular weight is 403 g/mol. The van der Waals surface area contributed by atoms with Crippen molar-refractivity contribution in [3.8, 4) is 0 Å². The van der Waals surface area contributed by atoms with E-state index in [1.54, 1.807) is 0 Å². The molecule has 3 heterocycles. The number of rotatable bonds is 4. The lowest BCUT2D eigenvalue weighted by molar-refractivity contribution is 0.0754. The number of aliphatic hydroxyl groups excluding tert-OH is 1. The molecule has 0 aliphatic heterocycles. The summed E-state index contributed by atoms with van der Waals surface area (Å²) in [6.07, 6.45) is 10.4. The summed E-state index contributed by atoms with van der Waals surface area (Å²) < 4.78 is 3.51. The fourth-order valence-electron chi connectivity index (χ4n) is 5.31. The molecule has 4 heteroatoms. The SMILES string of the molecule is O[C@H](c1c(C2CC2)ccc2cncn12)C1CCC(c2ccc3sccc3c2)CC1. The van der Waals surface area contributed by atoms with Crippen molar-refractivity contribution < 1.29 is 5.11 Å². The monoisotopic (exact) mass is 402 g/mol. The van der Waals surface area contributed by atoms with Gasteiger partial charge in [0.05, 0.1) is 29.8 Å². The normalized spacial score (nSPS) is 23.6. The number of hydrogen-bond acceptors (Lipinski definition) is 3. The van der Waals surface area contributed by atoms with Gasteiger partial charge in [-0.15, -0.1) is 11.3 Å². The molecule has 2 fully saturated rings. The van der Waals surface area contributed by atoms with Gasteiger partial charge < -0.3 is 9.51 Å². The van der Waals surface area contributed by atoms with Crippen LogP contribution in [0.3, 0.4) is 0 Å². The fraction of sp³-hybridized carbons (Fsp3) is 0.400. The molecule has 2 saturated carbocycles. The zero-order valence-corrected chi connectivity index (χ0v) is 17.3. The summed E-state index contributed by atoms with van der Waals surface area (Å²) >= 11 is 1.81. The van der Waals surface area contributed by atoms with Gasteiger partial charge in [0.15, 0.2) is 0 Å². The van der Waals surface area contributed by atoms with E-state index in [2.05, 4.69) is 51.2 Å². The molecule has 0 amide bonds. The van der Waals surface area contributed by atoms with Crippen LogP contribution >= 0.6 is 11.3 Å². The topological polar surface area (TPSA) is 37.5 Å². The number of imidazole rings is 1. The molecule has 2 aliphatic rings. The van der Waals surface area contributed by atoms with Crippen molar-refractivity contribution in [2.75, 3.05) is 0 Å². The Morgan fingerprint density at radius 3 is 2.62 bits per heavy atom. The first-order chi connectivity index (χ1) is 14.3. The minimum Gasteiger partial charge on any atom is -0.387 e. The highest BCUT2D eigenvalue weighted by molar-refractivity contribution is 7.17. The third-order valence-electron chi connectivity index (χ3n) is 7.12. The van der Waals surface area contributed by atoms with Gasteiger partial charge in [0.2, 0.25) is 0 Å². The highest BCUT2D eigenvalue weighted by Crippen LogP contribution is 2.47. The number of benzene rings is 1. The number of aromatic nitrogens is 2. The summed E-state index contributed by atoms with van der Waals surface area (Å²) in [5, 5.41) is 15.0. The second kappa shape index (κ2) is 6.96. The van der Waals surface area contributed by atoms with Crippen molar-refractivity contribution in [3.05, 3.63) is 71.1 Å². The van der Waals surface area contributed by atoms with E-state index in [1.165, 1.54) is 34.1 Å². The standard InChI is InChI=1S/C25H26N2OS/c28-25(24-22(17-3-4-17)9-8-21-14-26-15-27(21)24)18-5-1-16(2-6-18)19-7-10-23-20(13-19)11-12-29-23/h7-18,25,28H,1-6H2/t16?,18?,25-/m0/s1. The van der Waals surface area contributed by atoms with Gasteiger partial charge in [-0.25, -0.2) is 4.98 Å². The molecule has 0 bridgehead atoms. The number of fused-ring (bicyclic) bond motifs is 2. The van der Waals surface area contributed by atoms with Crippen LogP contribution in [0.1, 0.15) is 73.3 Å². The molecule has 1 N–H and O–H groups in total. The molecular formula is C25H26N2OS. The van der Waals surface area contributed by atoms with Crippen molar-refractivity contribution in [1.29, 1.82) is 0 Å². The number of pyridine rings is 1. The first-order valence-corrected chi connectivity index (χ1v) is 11.8. The van der Waals surface area contributed by atoms with E-state index in [1.807, 2.05) is 23.9 Å². The van der Waals surface area contributed by atoms with Gasteiger partial charge in [-0.1, -0.05) is 18.2 Å². The van der Waals surface area contributed by atoms with Crippen LogP contribution < -0.4 is 0 Å². The summed E-state index contributed by atoms with van der Waals surface area (Å²) in [4.78, 5) is 4.34. The van der Waals surface area contributed by atoms with Crippen molar-refractivity contribution >= 4 is 26.9 Å². The van der Waals surface area contributed by atoms with Gasteiger partial charge in [0.1, 0.15) is 0 Å². The Kier molecular flexibility index (Phi) is 4.24. The van der Waals surface area contributed by atoms with E-state index in [9.17, 15) is 5.11 Å². The summed E-state index contributed by atoms with van der Waals surface area (Å²) in [5.41, 5.74) is 5.00. The Balaban J connectivity index is 1.24. The summed E-state index contributed by atoms with van der Waals surface area (Å²) in [5.74, 6) is 1.58. The molecule has 0 spiro atoms. The molecule has 0 radical (unpaired) electrons. The van der Waals surface area contributed by atoms with Crippen LogP contribution in [0.5, 0.6) is 0 Å². The van der Waals surface area contributed by atoms with Gasteiger partial charge in [-0.05, 0) is 96.4 Å². The molecule has 2 aliphatic carbocycles. The van der Waals surface area contributed by atoms with E-state index in [-0.39, 0.29) is 0 Å². The summed E-state index contributed by atoms with van der Waals surface area (Å²) in [7, 11) is 0. The second-order valence-electron chi connectivity index (χ2n) is 8.91. The van der Waals surface area contributed by atoms with Crippen molar-refractivity contribution in [2.24, 2.45) is 5.92 Å². The largest absolute Gasteiger partial charge is 0.387 e. The van der Waals surface area contributed by atoms with Gasteiger partial charge in [0, 0.05) is 4.70 Å². The number of nitrogens with zero attached hydrogens (tertiary/aromatic N) is 2. The summed E-state index contributed by atoms with van der Waals surface area (Å²) in [6, 6.07) is 13.6. The van der Waals surface area contributed by atoms with Crippen molar-refractivity contribution in [1.82, 2.24) is 9.38 Å². The number of thiophene rings is 1. The fourth-order valence-corrected chi connectivity index (χ4v) is 6.08. The quantitative estimate of drug-likeness (QED) is 0.427. The van der Waals surface area contributed by atoms with Crippen LogP contribution in [0.2, 0.25) is 0 Å². The molecular weight excluding hydrogens is 376 g/mol. The van der Waals surface area contributed by atoms with Crippen molar-refractivity contribution in [3.63, 3.8) is 0 Å². The van der Waals surface area contributed by atoms with Gasteiger partial charge in [-0.3, -0.25) is 0 Å². The maximum Gasteiger partial charge on any atom is 0.0995 e. The van der Waals surface area contributed by atoms with E-state index < -0.39 is 6.10 Å². The molecule has 0 saturated heterocycles. The predicted octanol–water partition coefficient (Wildman–Crippen LogP) is 6.43. The van der Waals surface area contributed by atoms with E-state index in [4.69, 9.17) is 0 Å². The highest BCUT2D eigenvalue weighted by Gasteiger charge is 2.34. The third-order valence-corrected chi connectivity index (χ3v) is 8.02. The molecule has 4 aromatic rings. The molecule has 1 atom stereocenters. The third kappa shape index (κ3) is 3.10. The molecule has 0 unspecified atom stereocenters. The first kappa shape index (κ1) is 17.7. The highest BCUT2D eigenvalue weighted by atomic mass is 32.1. The predicted molar refractivity (Wildman–Crippen MR) is 119 cm³/mol. The maximum atomic E-state index is 11.4. The van der Waals surface area contributed by atoms with E-state index >= 15 is 0 Å². The summed E-state index contributed by atoms with van der Waals surface area (Å²) in [6.45, 7) is 0. The first-order valence-electron chi connectivity index (χ1n) is 10.9. The van der Waals surface area contributed by atoms with Crippen LogP contribution in [0.4, 0.5) is 0 Å². The molecule has 1 aromatic carbocycles. The van der Waals surface area contributed by atoms with Crippen LogP contribution in [-0.2, 0) is 0 Å². The lowest BCUT2D eigenvalue weighted by Gasteiger charge is -2.33. The molecule has 6 rings (SSSR count). The number of hydrogen-bond donors (Lipinski definition) is 1. The van der Waals surface area contributed by atoms with Crippen molar-refractivity contribution in [2.45, 2.75) is 56.5 Å². The number of aliphatic hydroxyl groups is 1.